The van der Waals surface area contributed by atoms with Crippen LogP contribution in [-0.2, 0) is 4.79 Å². The van der Waals surface area contributed by atoms with Gasteiger partial charge >= 0.3 is 0 Å². The van der Waals surface area contributed by atoms with Gasteiger partial charge in [0, 0.05) is 11.5 Å². The van der Waals surface area contributed by atoms with Crippen LogP contribution in [-0.4, -0.2) is 20.0 Å². The monoisotopic (exact) mass is 300 g/mol. The first-order chi connectivity index (χ1) is 10.8. The number of ketones is 1. The first-order valence-corrected chi connectivity index (χ1v) is 7.86. The molecule has 0 amide bonds. The minimum Gasteiger partial charge on any atom is -0.493 e. The summed E-state index contributed by atoms with van der Waals surface area (Å²) in [4.78, 5) is 12.1. The van der Waals surface area contributed by atoms with Crippen LogP contribution in [0.25, 0.3) is 6.08 Å². The lowest BCUT2D eigenvalue weighted by molar-refractivity contribution is -0.119. The fraction of sp³-hybridized carbons (Fsp3) is 0.421. The molecule has 0 atom stereocenters. The molecule has 0 spiro atoms. The quantitative estimate of drug-likeness (QED) is 0.576. The first kappa shape index (κ1) is 16.3. The molecule has 118 valence electrons. The summed E-state index contributed by atoms with van der Waals surface area (Å²) in [5.74, 6) is 1.88. The molecule has 0 unspecified atom stereocenters. The van der Waals surface area contributed by atoms with E-state index in [4.69, 9.17) is 9.47 Å². The molecule has 22 heavy (non-hydrogen) atoms. The van der Waals surface area contributed by atoms with E-state index < -0.39 is 0 Å². The SMILES string of the molecule is COc1cccc(/C=C/C=C/C(=O)C2CCCCC2)c1OC. The first-order valence-electron chi connectivity index (χ1n) is 7.86. The van der Waals surface area contributed by atoms with Crippen LogP contribution in [0, 0.1) is 5.92 Å². The van der Waals surface area contributed by atoms with E-state index in [9.17, 15) is 4.79 Å². The molecule has 1 aromatic carbocycles. The Kier molecular flexibility index (Phi) is 6.26. The molecular formula is C19H24O3. The molecule has 1 aliphatic rings. The zero-order valence-electron chi connectivity index (χ0n) is 13.4. The molecule has 3 heteroatoms. The smallest absolute Gasteiger partial charge is 0.167 e. The third-order valence-corrected chi connectivity index (χ3v) is 4.09. The van der Waals surface area contributed by atoms with Gasteiger partial charge in [0.25, 0.3) is 0 Å². The predicted octanol–water partition coefficient (Wildman–Crippen LogP) is 4.42. The Hall–Kier alpha value is -2.03. The molecule has 0 radical (unpaired) electrons. The van der Waals surface area contributed by atoms with Crippen molar-refractivity contribution in [3.8, 4) is 11.5 Å². The van der Waals surface area contributed by atoms with E-state index in [1.165, 1.54) is 19.3 Å². The summed E-state index contributed by atoms with van der Waals surface area (Å²) in [7, 11) is 3.24. The zero-order valence-corrected chi connectivity index (χ0v) is 13.4. The molecule has 0 heterocycles. The Labute approximate surface area is 132 Å². The van der Waals surface area contributed by atoms with E-state index in [-0.39, 0.29) is 11.7 Å². The van der Waals surface area contributed by atoms with Crippen molar-refractivity contribution in [1.29, 1.82) is 0 Å². The highest BCUT2D eigenvalue weighted by molar-refractivity contribution is 5.92. The number of rotatable bonds is 6. The van der Waals surface area contributed by atoms with E-state index in [1.54, 1.807) is 20.3 Å². The summed E-state index contributed by atoms with van der Waals surface area (Å²) in [6.45, 7) is 0. The van der Waals surface area contributed by atoms with Crippen LogP contribution in [0.5, 0.6) is 11.5 Å². The lowest BCUT2D eigenvalue weighted by Crippen LogP contribution is -2.15. The third-order valence-electron chi connectivity index (χ3n) is 4.09. The molecule has 1 aliphatic carbocycles. The second kappa shape index (κ2) is 8.42. The maximum Gasteiger partial charge on any atom is 0.167 e. The number of methoxy groups -OCH3 is 2. The Bertz CT molecular complexity index is 552. The van der Waals surface area contributed by atoms with Gasteiger partial charge in [-0.2, -0.15) is 0 Å². The van der Waals surface area contributed by atoms with E-state index in [2.05, 4.69) is 0 Å². The second-order valence-electron chi connectivity index (χ2n) is 5.54. The molecule has 1 aromatic rings. The summed E-state index contributed by atoms with van der Waals surface area (Å²) < 4.78 is 10.6. The van der Waals surface area contributed by atoms with Gasteiger partial charge in [-0.15, -0.1) is 0 Å². The van der Waals surface area contributed by atoms with E-state index >= 15 is 0 Å². The third kappa shape index (κ3) is 4.23. The topological polar surface area (TPSA) is 35.5 Å². The molecular weight excluding hydrogens is 276 g/mol. The van der Waals surface area contributed by atoms with E-state index in [0.717, 1.165) is 18.4 Å². The van der Waals surface area contributed by atoms with Gasteiger partial charge in [0.15, 0.2) is 17.3 Å². The minimum absolute atomic E-state index is 0.227. The molecule has 0 bridgehead atoms. The van der Waals surface area contributed by atoms with E-state index in [1.807, 2.05) is 36.4 Å². The van der Waals surface area contributed by atoms with Crippen LogP contribution in [0.2, 0.25) is 0 Å². The van der Waals surface area contributed by atoms with Crippen molar-refractivity contribution in [2.45, 2.75) is 32.1 Å². The fourth-order valence-electron chi connectivity index (χ4n) is 2.88. The Morgan fingerprint density at radius 3 is 2.55 bits per heavy atom. The number of benzene rings is 1. The summed E-state index contributed by atoms with van der Waals surface area (Å²) in [5, 5.41) is 0. The van der Waals surface area contributed by atoms with Crippen molar-refractivity contribution < 1.29 is 14.3 Å². The lowest BCUT2D eigenvalue weighted by atomic mass is 9.86. The molecule has 0 saturated heterocycles. The number of carbonyl (C=O) groups excluding carboxylic acids is 1. The largest absolute Gasteiger partial charge is 0.493 e. The minimum atomic E-state index is 0.227. The Morgan fingerprint density at radius 2 is 1.86 bits per heavy atom. The standard InChI is InChI=1S/C19H24O3/c1-21-18-14-8-12-16(19(18)22-2)11-6-7-13-17(20)15-9-4-3-5-10-15/h6-8,11-15H,3-5,9-10H2,1-2H3/b11-6+,13-7+. The highest BCUT2D eigenvalue weighted by Crippen LogP contribution is 2.31. The number of ether oxygens (including phenoxy) is 2. The summed E-state index contributed by atoms with van der Waals surface area (Å²) >= 11 is 0. The number of carbonyl (C=O) groups is 1. The molecule has 0 aliphatic heterocycles. The second-order valence-corrected chi connectivity index (χ2v) is 5.54. The van der Waals surface area contributed by atoms with Gasteiger partial charge in [-0.3, -0.25) is 4.79 Å². The highest BCUT2D eigenvalue weighted by atomic mass is 16.5. The maximum absolute atomic E-state index is 12.1. The van der Waals surface area contributed by atoms with Crippen molar-refractivity contribution in [2.75, 3.05) is 14.2 Å². The van der Waals surface area contributed by atoms with Crippen LogP contribution in [0.15, 0.2) is 36.4 Å². The van der Waals surface area contributed by atoms with Crippen LogP contribution >= 0.6 is 0 Å². The van der Waals surface area contributed by atoms with Gasteiger partial charge < -0.3 is 9.47 Å². The van der Waals surface area contributed by atoms with Gasteiger partial charge in [0.2, 0.25) is 0 Å². The van der Waals surface area contributed by atoms with Gasteiger partial charge in [-0.1, -0.05) is 49.6 Å². The Morgan fingerprint density at radius 1 is 1.09 bits per heavy atom. The van der Waals surface area contributed by atoms with Crippen LogP contribution in [0.3, 0.4) is 0 Å². The van der Waals surface area contributed by atoms with Gasteiger partial charge in [-0.05, 0) is 25.0 Å². The molecule has 1 fully saturated rings. The molecule has 3 nitrogen and oxygen atoms in total. The Balaban J connectivity index is 2.00. The van der Waals surface area contributed by atoms with Crippen molar-refractivity contribution in [3.05, 3.63) is 42.0 Å². The summed E-state index contributed by atoms with van der Waals surface area (Å²) in [6, 6.07) is 5.73. The fourth-order valence-corrected chi connectivity index (χ4v) is 2.88. The van der Waals surface area contributed by atoms with Crippen molar-refractivity contribution >= 4 is 11.9 Å². The molecule has 0 aromatic heterocycles. The molecule has 1 saturated carbocycles. The molecule has 2 rings (SSSR count). The van der Waals surface area contributed by atoms with Crippen LogP contribution in [0.1, 0.15) is 37.7 Å². The molecule has 0 N–H and O–H groups in total. The van der Waals surface area contributed by atoms with Crippen LogP contribution in [0.4, 0.5) is 0 Å². The van der Waals surface area contributed by atoms with Gasteiger partial charge in [0.1, 0.15) is 0 Å². The zero-order chi connectivity index (χ0) is 15.8. The summed E-state index contributed by atoms with van der Waals surface area (Å²) in [5.41, 5.74) is 0.927. The predicted molar refractivity (Wildman–Crippen MR) is 89.3 cm³/mol. The lowest BCUT2D eigenvalue weighted by Gasteiger charge is -2.18. The van der Waals surface area contributed by atoms with E-state index in [0.29, 0.717) is 11.5 Å². The maximum atomic E-state index is 12.1. The van der Waals surface area contributed by atoms with Crippen molar-refractivity contribution in [1.82, 2.24) is 0 Å². The normalized spacial score (nSPS) is 16.3. The number of allylic oxidation sites excluding steroid dienone is 3. The van der Waals surface area contributed by atoms with Gasteiger partial charge in [0.05, 0.1) is 14.2 Å². The average molecular weight is 300 g/mol. The highest BCUT2D eigenvalue weighted by Gasteiger charge is 2.18. The van der Waals surface area contributed by atoms with Crippen LogP contribution < -0.4 is 9.47 Å². The number of hydrogen-bond donors (Lipinski definition) is 0. The number of para-hydroxylation sites is 1. The van der Waals surface area contributed by atoms with Crippen molar-refractivity contribution in [2.24, 2.45) is 5.92 Å². The average Bonchev–Trinajstić information content (AvgIpc) is 2.58. The van der Waals surface area contributed by atoms with Gasteiger partial charge in [-0.25, -0.2) is 0 Å². The number of hydrogen-bond acceptors (Lipinski definition) is 3. The summed E-state index contributed by atoms with van der Waals surface area (Å²) in [6.07, 6.45) is 13.0. The van der Waals surface area contributed by atoms with Crippen molar-refractivity contribution in [3.63, 3.8) is 0 Å².